The second-order valence-corrected chi connectivity index (χ2v) is 2.43. The molecule has 2 unspecified atom stereocenters. The predicted octanol–water partition coefficient (Wildman–Crippen LogP) is 0.347. The Kier molecular flexibility index (Phi) is 2.98. The van der Waals surface area contributed by atoms with Gasteiger partial charge in [0.15, 0.2) is 7.94 Å². The van der Waals surface area contributed by atoms with Gasteiger partial charge in [-0.3, -0.25) is 0 Å². The zero-order chi connectivity index (χ0) is 4.28. The highest BCUT2D eigenvalue weighted by Gasteiger charge is 1.67. The van der Waals surface area contributed by atoms with Gasteiger partial charge in [0.05, 0.1) is 0 Å². The lowest BCUT2D eigenvalue weighted by molar-refractivity contribution is -0.153. The molecule has 0 rings (SSSR count). The van der Waals surface area contributed by atoms with Crippen molar-refractivity contribution in [2.75, 3.05) is 6.66 Å². The van der Waals surface area contributed by atoms with Gasteiger partial charge < -0.3 is 4.89 Å². The summed E-state index contributed by atoms with van der Waals surface area (Å²) in [4.78, 5) is 9.77. The fraction of sp³-hybridized carbons (Fsp3) is 1.00. The van der Waals surface area contributed by atoms with Crippen molar-refractivity contribution in [1.29, 1.82) is 0 Å². The average molecular weight is 109 g/mol. The molecule has 0 aromatic heterocycles. The van der Waals surface area contributed by atoms with Gasteiger partial charge in [0, 0.05) is 9.39 Å². The van der Waals surface area contributed by atoms with Crippen LogP contribution in [0, 0.1) is 0 Å². The Morgan fingerprint density at radius 1 is 2.00 bits per heavy atom. The van der Waals surface area contributed by atoms with Crippen molar-refractivity contribution < 1.29 is 4.89 Å². The highest BCUT2D eigenvalue weighted by Crippen LogP contribution is 2.08. The molecule has 0 saturated heterocycles. The quantitative estimate of drug-likeness (QED) is 0.413. The molecule has 0 heterocycles. The van der Waals surface area contributed by atoms with E-state index in [0.717, 1.165) is 0 Å². The maximum absolute atomic E-state index is 9.77. The van der Waals surface area contributed by atoms with Crippen LogP contribution < -0.4 is 4.89 Å². The van der Waals surface area contributed by atoms with Crippen molar-refractivity contribution in [3.63, 3.8) is 0 Å². The average Bonchev–Trinajstić information content (AvgIpc) is 1.38. The van der Waals surface area contributed by atoms with Crippen LogP contribution >= 0.6 is 17.3 Å². The summed E-state index contributed by atoms with van der Waals surface area (Å²) in [6.45, 7) is 1.54. The molecule has 0 aromatic rings. The first-order valence-corrected chi connectivity index (χ1v) is 3.26. The van der Waals surface area contributed by atoms with E-state index in [4.69, 9.17) is 0 Å². The molecule has 5 heavy (non-hydrogen) atoms. The molecule has 0 N–H and O–H groups in total. The Balaban J connectivity index is 3.14. The molecule has 30 valence electrons. The third-order valence-corrected chi connectivity index (χ3v) is 1.46. The lowest BCUT2D eigenvalue weighted by Crippen LogP contribution is -1.78. The van der Waals surface area contributed by atoms with E-state index >= 15 is 0 Å². The van der Waals surface area contributed by atoms with Crippen molar-refractivity contribution in [3.05, 3.63) is 0 Å². The van der Waals surface area contributed by atoms with Gasteiger partial charge in [-0.05, 0) is 0 Å². The lowest BCUT2D eigenvalue weighted by atomic mass is 12.0. The van der Waals surface area contributed by atoms with Crippen molar-refractivity contribution in [2.24, 2.45) is 4.52 Å². The van der Waals surface area contributed by atoms with Gasteiger partial charge >= 0.3 is 0 Å². The topological polar surface area (TPSA) is 35.4 Å². The molecule has 0 radical (unpaired) electrons. The largest absolute Gasteiger partial charge is 0.612 e. The molecule has 0 amide bonds. The van der Waals surface area contributed by atoms with E-state index < -0.39 is 7.94 Å². The molecule has 0 saturated carbocycles. The van der Waals surface area contributed by atoms with E-state index in [9.17, 15) is 4.89 Å². The smallest absolute Gasteiger partial charge is 0.163 e. The van der Waals surface area contributed by atoms with Crippen molar-refractivity contribution in [2.45, 2.75) is 0 Å². The Morgan fingerprint density at radius 3 is 2.20 bits per heavy atom. The third kappa shape index (κ3) is 4.49. The van der Waals surface area contributed by atoms with Gasteiger partial charge in [0.1, 0.15) is 6.66 Å². The molecular weight excluding hydrogens is 104 g/mol. The van der Waals surface area contributed by atoms with E-state index in [-0.39, 0.29) is 0 Å². The second kappa shape index (κ2) is 2.71. The fourth-order valence-corrected chi connectivity index (χ4v) is 0. The predicted molar refractivity (Wildman–Crippen MR) is 25.0 cm³/mol. The van der Waals surface area contributed by atoms with Gasteiger partial charge in [-0.1, -0.05) is 4.52 Å². The van der Waals surface area contributed by atoms with Gasteiger partial charge in [-0.15, -0.1) is 0 Å². The first kappa shape index (κ1) is 5.49. The van der Waals surface area contributed by atoms with E-state index in [1.165, 1.54) is 0 Å². The van der Waals surface area contributed by atoms with Crippen LogP contribution in [0.2, 0.25) is 0 Å². The Labute approximate surface area is 34.4 Å². The molecule has 2 nitrogen and oxygen atoms in total. The Hall–Kier alpha value is 0.490. The van der Waals surface area contributed by atoms with Gasteiger partial charge in [0.25, 0.3) is 0 Å². The molecule has 0 bridgehead atoms. The minimum atomic E-state index is -1.26. The summed E-state index contributed by atoms with van der Waals surface area (Å²) in [6.07, 6.45) is 0. The highest BCUT2D eigenvalue weighted by atomic mass is 31.1. The first-order chi connectivity index (χ1) is 2.27. The number of hydrogen-bond acceptors (Lipinski definition) is 2. The molecule has 0 aliphatic heterocycles. The van der Waals surface area contributed by atoms with Gasteiger partial charge in [0.2, 0.25) is 0 Å². The maximum Gasteiger partial charge on any atom is 0.163 e. The minimum absolute atomic E-state index is 1.26. The van der Waals surface area contributed by atoms with Crippen molar-refractivity contribution in [3.8, 4) is 0 Å². The number of hydrogen-bond donors (Lipinski definition) is 0. The van der Waals surface area contributed by atoms with Crippen LogP contribution in [0.25, 0.3) is 0 Å². The Bertz CT molecular complexity index is 47.6. The van der Waals surface area contributed by atoms with E-state index in [1.54, 1.807) is 6.66 Å². The summed E-state index contributed by atoms with van der Waals surface area (Å²) in [5.74, 6) is 0. The molecule has 4 heteroatoms. The zero-order valence-corrected chi connectivity index (χ0v) is 4.93. The van der Waals surface area contributed by atoms with E-state index in [0.29, 0.717) is 0 Å². The monoisotopic (exact) mass is 109 g/mol. The van der Waals surface area contributed by atoms with E-state index in [2.05, 4.69) is 4.52 Å². The first-order valence-electron chi connectivity index (χ1n) is 1.09. The highest BCUT2D eigenvalue weighted by molar-refractivity contribution is 7.43. The van der Waals surface area contributed by atoms with Crippen LogP contribution in [-0.2, 0) is 0 Å². The molecule has 0 fully saturated rings. The Morgan fingerprint density at radius 2 is 2.20 bits per heavy atom. The number of rotatable bonds is 0. The normalized spacial score (nSPS) is 12.2. The molecule has 0 aliphatic rings. The maximum atomic E-state index is 9.77. The van der Waals surface area contributed by atoms with Crippen LogP contribution in [0.1, 0.15) is 0 Å². The molecule has 0 aromatic carbocycles. The second-order valence-electron chi connectivity index (χ2n) is 0.580. The van der Waals surface area contributed by atoms with Gasteiger partial charge in [-0.25, -0.2) is 0 Å². The lowest BCUT2D eigenvalue weighted by Gasteiger charge is -1.73. The summed E-state index contributed by atoms with van der Waals surface area (Å²) in [5.41, 5.74) is 0. The molecular formula is CH5NOP2. The van der Waals surface area contributed by atoms with Crippen molar-refractivity contribution in [1.82, 2.24) is 0 Å². The third-order valence-electron chi connectivity index (χ3n) is 0.163. The van der Waals surface area contributed by atoms with Crippen LogP contribution in [0.5, 0.6) is 0 Å². The number of nitrogens with zero attached hydrogens (tertiary/aromatic N) is 1. The van der Waals surface area contributed by atoms with Crippen LogP contribution in [-0.4, -0.2) is 6.66 Å². The van der Waals surface area contributed by atoms with E-state index in [1.807, 2.05) is 9.39 Å². The summed E-state index contributed by atoms with van der Waals surface area (Å²) < 4.78 is 3.31. The SMILES string of the molecule is C[P+]([O-])=NP. The molecule has 0 spiro atoms. The zero-order valence-electron chi connectivity index (χ0n) is 2.88. The fourth-order valence-electron chi connectivity index (χ4n) is 0. The minimum Gasteiger partial charge on any atom is -0.612 e. The summed E-state index contributed by atoms with van der Waals surface area (Å²) in [7, 11) is 0.775. The van der Waals surface area contributed by atoms with Crippen molar-refractivity contribution >= 4 is 17.3 Å². The summed E-state index contributed by atoms with van der Waals surface area (Å²) in [5, 5.41) is 0. The standard InChI is InChI=1S/CH5NOP2/c1-5(3)2-4/h4H2,1H3. The summed E-state index contributed by atoms with van der Waals surface area (Å²) in [6, 6.07) is 0. The van der Waals surface area contributed by atoms with Crippen LogP contribution in [0.4, 0.5) is 0 Å². The van der Waals surface area contributed by atoms with Gasteiger partial charge in [-0.2, -0.15) is 0 Å². The van der Waals surface area contributed by atoms with Crippen LogP contribution in [0.15, 0.2) is 4.52 Å². The van der Waals surface area contributed by atoms with Crippen LogP contribution in [0.3, 0.4) is 0 Å². The molecule has 2 atom stereocenters. The summed E-state index contributed by atoms with van der Waals surface area (Å²) >= 11 is 0. The molecule has 0 aliphatic carbocycles.